The number of nitrogens with two attached hydrogens (primary N) is 1. The zero-order valence-electron chi connectivity index (χ0n) is 10.2. The first-order valence-corrected chi connectivity index (χ1v) is 5.84. The minimum absolute atomic E-state index is 0.240. The van der Waals surface area contributed by atoms with Crippen LogP contribution >= 0.6 is 11.6 Å². The molecule has 0 radical (unpaired) electrons. The highest BCUT2D eigenvalue weighted by molar-refractivity contribution is 6.34. The number of halogens is 1. The fourth-order valence-corrected chi connectivity index (χ4v) is 1.69. The van der Waals surface area contributed by atoms with E-state index in [1.54, 1.807) is 31.4 Å². The first-order valence-electron chi connectivity index (χ1n) is 5.46. The second-order valence-electron chi connectivity index (χ2n) is 3.77. The van der Waals surface area contributed by atoms with Crippen LogP contribution in [-0.2, 0) is 0 Å². The monoisotopic (exact) mass is 277 g/mol. The standard InChI is InChI=1S/C13H12ClN3O2/c1-19-9-4-2-8(3-5-9)17-13(18)10-6-12(15)16-7-11(10)14/h2-7H,1H3,(H2,15,16)(H,17,18). The molecule has 0 saturated carbocycles. The Kier molecular flexibility index (Phi) is 3.87. The van der Waals surface area contributed by atoms with Crippen molar-refractivity contribution in [2.24, 2.45) is 0 Å². The molecule has 0 atom stereocenters. The Morgan fingerprint density at radius 3 is 2.68 bits per heavy atom. The largest absolute Gasteiger partial charge is 0.497 e. The predicted molar refractivity (Wildman–Crippen MR) is 74.6 cm³/mol. The third kappa shape index (κ3) is 3.14. The number of benzene rings is 1. The van der Waals surface area contributed by atoms with E-state index >= 15 is 0 Å². The van der Waals surface area contributed by atoms with Crippen molar-refractivity contribution in [3.8, 4) is 5.75 Å². The molecule has 1 amide bonds. The quantitative estimate of drug-likeness (QED) is 0.904. The number of methoxy groups -OCH3 is 1. The van der Waals surface area contributed by atoms with Gasteiger partial charge in [0.1, 0.15) is 11.6 Å². The number of pyridine rings is 1. The second kappa shape index (κ2) is 5.58. The number of aromatic nitrogens is 1. The van der Waals surface area contributed by atoms with Crippen molar-refractivity contribution in [3.63, 3.8) is 0 Å². The van der Waals surface area contributed by atoms with Gasteiger partial charge < -0.3 is 15.8 Å². The summed E-state index contributed by atoms with van der Waals surface area (Å²) in [7, 11) is 1.58. The zero-order valence-corrected chi connectivity index (χ0v) is 10.9. The zero-order chi connectivity index (χ0) is 13.8. The lowest BCUT2D eigenvalue weighted by atomic mass is 10.2. The molecule has 5 nitrogen and oxygen atoms in total. The van der Waals surface area contributed by atoms with Crippen molar-refractivity contribution in [1.82, 2.24) is 4.98 Å². The lowest BCUT2D eigenvalue weighted by Gasteiger charge is -2.07. The summed E-state index contributed by atoms with van der Waals surface area (Å²) in [6, 6.07) is 8.39. The van der Waals surface area contributed by atoms with E-state index in [-0.39, 0.29) is 22.3 Å². The maximum Gasteiger partial charge on any atom is 0.257 e. The summed E-state index contributed by atoms with van der Waals surface area (Å²) in [4.78, 5) is 15.8. The summed E-state index contributed by atoms with van der Waals surface area (Å²) in [6.45, 7) is 0. The summed E-state index contributed by atoms with van der Waals surface area (Å²) >= 11 is 5.91. The summed E-state index contributed by atoms with van der Waals surface area (Å²) in [6.07, 6.45) is 1.35. The van der Waals surface area contributed by atoms with Crippen LogP contribution in [0.4, 0.5) is 11.5 Å². The number of rotatable bonds is 3. The van der Waals surface area contributed by atoms with E-state index in [1.165, 1.54) is 12.3 Å². The van der Waals surface area contributed by atoms with Crippen LogP contribution in [0, 0.1) is 0 Å². The van der Waals surface area contributed by atoms with Crippen LogP contribution in [0.1, 0.15) is 10.4 Å². The Labute approximate surface area is 115 Å². The van der Waals surface area contributed by atoms with Gasteiger partial charge in [0.2, 0.25) is 0 Å². The summed E-state index contributed by atoms with van der Waals surface area (Å²) in [5.74, 6) is 0.609. The molecule has 0 bridgehead atoms. The molecule has 19 heavy (non-hydrogen) atoms. The van der Waals surface area contributed by atoms with Crippen LogP contribution in [0.3, 0.4) is 0 Å². The van der Waals surface area contributed by atoms with Crippen molar-refractivity contribution in [2.45, 2.75) is 0 Å². The fraction of sp³-hybridized carbons (Fsp3) is 0.0769. The number of nitrogens with one attached hydrogen (secondary N) is 1. The topological polar surface area (TPSA) is 77.2 Å². The molecule has 3 N–H and O–H groups in total. The van der Waals surface area contributed by atoms with Gasteiger partial charge in [0.25, 0.3) is 5.91 Å². The molecule has 1 aromatic heterocycles. The lowest BCUT2D eigenvalue weighted by molar-refractivity contribution is 0.102. The van der Waals surface area contributed by atoms with Gasteiger partial charge in [0.15, 0.2) is 0 Å². The van der Waals surface area contributed by atoms with Gasteiger partial charge in [-0.2, -0.15) is 0 Å². The maximum absolute atomic E-state index is 12.0. The van der Waals surface area contributed by atoms with E-state index in [0.717, 1.165) is 0 Å². The van der Waals surface area contributed by atoms with E-state index in [0.29, 0.717) is 11.4 Å². The van der Waals surface area contributed by atoms with Crippen molar-refractivity contribution in [2.75, 3.05) is 18.2 Å². The first-order chi connectivity index (χ1) is 9.10. The molecule has 0 aliphatic heterocycles. The van der Waals surface area contributed by atoms with Crippen molar-refractivity contribution in [3.05, 3.63) is 47.1 Å². The minimum Gasteiger partial charge on any atom is -0.497 e. The number of anilines is 2. The van der Waals surface area contributed by atoms with Crippen LogP contribution in [0.2, 0.25) is 5.02 Å². The number of amides is 1. The van der Waals surface area contributed by atoms with Gasteiger partial charge in [-0.15, -0.1) is 0 Å². The van der Waals surface area contributed by atoms with Crippen LogP contribution < -0.4 is 15.8 Å². The van der Waals surface area contributed by atoms with Gasteiger partial charge in [-0.05, 0) is 30.3 Å². The number of hydrogen-bond acceptors (Lipinski definition) is 4. The van der Waals surface area contributed by atoms with Crippen LogP contribution in [0.25, 0.3) is 0 Å². The molecular formula is C13H12ClN3O2. The molecule has 0 fully saturated rings. The molecule has 0 aliphatic rings. The van der Waals surface area contributed by atoms with Crippen molar-refractivity contribution in [1.29, 1.82) is 0 Å². The van der Waals surface area contributed by atoms with Gasteiger partial charge in [-0.3, -0.25) is 4.79 Å². The lowest BCUT2D eigenvalue weighted by Crippen LogP contribution is -2.13. The Balaban J connectivity index is 2.18. The van der Waals surface area contributed by atoms with Crippen LogP contribution in [0.5, 0.6) is 5.75 Å². The third-order valence-electron chi connectivity index (χ3n) is 2.47. The number of nitrogens with zero attached hydrogens (tertiary/aromatic N) is 1. The molecule has 0 aliphatic carbocycles. The Morgan fingerprint density at radius 1 is 1.37 bits per heavy atom. The van der Waals surface area contributed by atoms with E-state index in [9.17, 15) is 4.79 Å². The SMILES string of the molecule is COc1ccc(NC(=O)c2cc(N)ncc2Cl)cc1. The number of carbonyl (C=O) groups is 1. The normalized spacial score (nSPS) is 10.0. The fourth-order valence-electron chi connectivity index (χ4n) is 1.50. The Hall–Kier alpha value is -2.27. The molecular weight excluding hydrogens is 266 g/mol. The van der Waals surface area contributed by atoms with E-state index in [2.05, 4.69) is 10.3 Å². The number of ether oxygens (including phenoxy) is 1. The molecule has 6 heteroatoms. The third-order valence-corrected chi connectivity index (χ3v) is 2.77. The first kappa shape index (κ1) is 13.2. The van der Waals surface area contributed by atoms with Crippen molar-refractivity contribution < 1.29 is 9.53 Å². The van der Waals surface area contributed by atoms with Gasteiger partial charge in [-0.25, -0.2) is 4.98 Å². The Bertz CT molecular complexity index is 599. The summed E-state index contributed by atoms with van der Waals surface area (Å²) in [5, 5.41) is 2.97. The van der Waals surface area contributed by atoms with E-state index in [4.69, 9.17) is 22.1 Å². The Morgan fingerprint density at radius 2 is 2.05 bits per heavy atom. The van der Waals surface area contributed by atoms with Crippen LogP contribution in [-0.4, -0.2) is 18.0 Å². The highest BCUT2D eigenvalue weighted by atomic mass is 35.5. The summed E-state index contributed by atoms with van der Waals surface area (Å²) in [5.41, 5.74) is 6.45. The predicted octanol–water partition coefficient (Wildman–Crippen LogP) is 2.58. The molecule has 0 unspecified atom stereocenters. The van der Waals surface area contributed by atoms with E-state index < -0.39 is 0 Å². The van der Waals surface area contributed by atoms with Crippen LogP contribution in [0.15, 0.2) is 36.5 Å². The molecule has 2 aromatic rings. The van der Waals surface area contributed by atoms with E-state index in [1.807, 2.05) is 0 Å². The van der Waals surface area contributed by atoms with Gasteiger partial charge in [-0.1, -0.05) is 11.6 Å². The second-order valence-corrected chi connectivity index (χ2v) is 4.18. The average Bonchev–Trinajstić information content (AvgIpc) is 2.42. The number of carbonyl (C=O) groups excluding carboxylic acids is 1. The number of nitrogen functional groups attached to an aromatic ring is 1. The highest BCUT2D eigenvalue weighted by Gasteiger charge is 2.11. The molecule has 98 valence electrons. The van der Waals surface area contributed by atoms with Crippen molar-refractivity contribution >= 4 is 29.0 Å². The highest BCUT2D eigenvalue weighted by Crippen LogP contribution is 2.20. The smallest absolute Gasteiger partial charge is 0.257 e. The van der Waals surface area contributed by atoms with Gasteiger partial charge in [0.05, 0.1) is 17.7 Å². The average molecular weight is 278 g/mol. The van der Waals surface area contributed by atoms with Gasteiger partial charge >= 0.3 is 0 Å². The maximum atomic E-state index is 12.0. The summed E-state index contributed by atoms with van der Waals surface area (Å²) < 4.78 is 5.04. The molecule has 1 aromatic carbocycles. The molecule has 0 spiro atoms. The minimum atomic E-state index is -0.343. The number of hydrogen-bond donors (Lipinski definition) is 2. The molecule has 0 saturated heterocycles. The molecule has 2 rings (SSSR count). The molecule has 1 heterocycles. The van der Waals surface area contributed by atoms with Gasteiger partial charge in [0, 0.05) is 11.9 Å².